The lowest BCUT2D eigenvalue weighted by Gasteiger charge is -2.05. The fourth-order valence-corrected chi connectivity index (χ4v) is 2.67. The first kappa shape index (κ1) is 16.1. The lowest BCUT2D eigenvalue weighted by molar-refractivity contribution is 0.0953. The largest absolute Gasteiger partial charge is 0.352 e. The molecule has 106 valence electrons. The van der Waals surface area contributed by atoms with Crippen LogP contribution in [0.1, 0.15) is 16.8 Å². The summed E-state index contributed by atoms with van der Waals surface area (Å²) in [5, 5.41) is 2.66. The van der Waals surface area contributed by atoms with Crippen LogP contribution in [0.2, 0.25) is 0 Å². The van der Waals surface area contributed by atoms with E-state index in [1.165, 1.54) is 24.3 Å². The van der Waals surface area contributed by atoms with Gasteiger partial charge in [-0.15, -0.1) is 0 Å². The normalized spacial score (nSPS) is 12.9. The highest BCUT2D eigenvalue weighted by Gasteiger charge is 2.11. The second-order valence-corrected chi connectivity index (χ2v) is 7.97. The van der Waals surface area contributed by atoms with Crippen molar-refractivity contribution >= 4 is 36.4 Å². The third-order valence-electron chi connectivity index (χ3n) is 2.29. The highest BCUT2D eigenvalue weighted by molar-refractivity contribution is 8.13. The van der Waals surface area contributed by atoms with Crippen molar-refractivity contribution in [3.63, 3.8) is 0 Å². The number of carbonyl (C=O) groups is 1. The van der Waals surface area contributed by atoms with Gasteiger partial charge in [-0.2, -0.15) is 0 Å². The minimum absolute atomic E-state index is 0.0490. The quantitative estimate of drug-likeness (QED) is 0.628. The maximum absolute atomic E-state index is 11.7. The van der Waals surface area contributed by atoms with Crippen LogP contribution in [0.25, 0.3) is 0 Å². The van der Waals surface area contributed by atoms with Crippen LogP contribution < -0.4 is 5.32 Å². The Balaban J connectivity index is 2.56. The summed E-state index contributed by atoms with van der Waals surface area (Å²) in [7, 11) is 0.526. The van der Waals surface area contributed by atoms with Gasteiger partial charge < -0.3 is 5.32 Å². The van der Waals surface area contributed by atoms with Crippen molar-refractivity contribution in [2.24, 2.45) is 0 Å². The predicted octanol–water partition coefficient (Wildman–Crippen LogP) is 1.11. The summed E-state index contributed by atoms with van der Waals surface area (Å²) in [6, 6.07) is 5.34. The van der Waals surface area contributed by atoms with E-state index in [2.05, 4.69) is 5.32 Å². The van der Waals surface area contributed by atoms with Gasteiger partial charge in [-0.25, -0.2) is 8.42 Å². The number of nitrogens with one attached hydrogen (secondary N) is 1. The zero-order chi connectivity index (χ0) is 14.5. The molecule has 0 aromatic heterocycles. The number of hydrogen-bond acceptors (Lipinski definition) is 4. The molecule has 0 spiro atoms. The second-order valence-electron chi connectivity index (χ2n) is 3.85. The topological polar surface area (TPSA) is 80.3 Å². The van der Waals surface area contributed by atoms with Crippen LogP contribution in [0.3, 0.4) is 0 Å². The average Bonchev–Trinajstić information content (AvgIpc) is 2.33. The van der Waals surface area contributed by atoms with E-state index in [4.69, 9.17) is 10.7 Å². The SMILES string of the molecule is CS(=O)CCCNC(=O)c1ccc(S(=O)(=O)Cl)cc1. The first-order valence-electron chi connectivity index (χ1n) is 5.43. The molecule has 0 bridgehead atoms. The van der Waals surface area contributed by atoms with Gasteiger partial charge >= 0.3 is 0 Å². The van der Waals surface area contributed by atoms with Crippen LogP contribution >= 0.6 is 10.7 Å². The molecule has 0 fully saturated rings. The fraction of sp³-hybridized carbons (Fsp3) is 0.364. The van der Waals surface area contributed by atoms with Crippen LogP contribution in [0.15, 0.2) is 29.2 Å². The summed E-state index contributed by atoms with van der Waals surface area (Å²) in [6.45, 7) is 0.425. The zero-order valence-corrected chi connectivity index (χ0v) is 12.6. The first-order chi connectivity index (χ1) is 8.80. The van der Waals surface area contributed by atoms with E-state index in [9.17, 15) is 17.4 Å². The van der Waals surface area contributed by atoms with Crippen LogP contribution in [0.4, 0.5) is 0 Å². The third kappa shape index (κ3) is 5.71. The van der Waals surface area contributed by atoms with E-state index in [-0.39, 0.29) is 10.8 Å². The number of rotatable bonds is 6. The molecular weight excluding hydrogens is 310 g/mol. The molecule has 0 saturated carbocycles. The van der Waals surface area contributed by atoms with Crippen molar-refractivity contribution in [1.82, 2.24) is 5.32 Å². The highest BCUT2D eigenvalue weighted by atomic mass is 35.7. The van der Waals surface area contributed by atoms with Gasteiger partial charge in [0.15, 0.2) is 0 Å². The Hall–Kier alpha value is -0.920. The molecule has 1 unspecified atom stereocenters. The van der Waals surface area contributed by atoms with E-state index in [0.29, 0.717) is 24.3 Å². The number of amides is 1. The van der Waals surface area contributed by atoms with Gasteiger partial charge in [0, 0.05) is 45.6 Å². The van der Waals surface area contributed by atoms with Crippen molar-refractivity contribution in [2.75, 3.05) is 18.6 Å². The second kappa shape index (κ2) is 7.02. The number of carbonyl (C=O) groups excluding carboxylic acids is 1. The van der Waals surface area contributed by atoms with E-state index < -0.39 is 19.9 Å². The molecule has 1 amide bonds. The lowest BCUT2D eigenvalue weighted by atomic mass is 10.2. The molecule has 1 N–H and O–H groups in total. The Morgan fingerprint density at radius 2 is 1.89 bits per heavy atom. The van der Waals surface area contributed by atoms with E-state index >= 15 is 0 Å². The number of halogens is 1. The molecular formula is C11H14ClNO4S2. The van der Waals surface area contributed by atoms with Gasteiger partial charge in [0.25, 0.3) is 15.0 Å². The smallest absolute Gasteiger partial charge is 0.261 e. The molecule has 19 heavy (non-hydrogen) atoms. The molecule has 1 aromatic rings. The summed E-state index contributed by atoms with van der Waals surface area (Å²) in [5.74, 6) is 0.226. The average molecular weight is 324 g/mol. The molecule has 0 aliphatic carbocycles. The van der Waals surface area contributed by atoms with Crippen molar-refractivity contribution in [3.05, 3.63) is 29.8 Å². The van der Waals surface area contributed by atoms with Crippen LogP contribution in [-0.2, 0) is 19.9 Å². The van der Waals surface area contributed by atoms with Gasteiger partial charge in [0.05, 0.1) is 4.90 Å². The molecule has 0 aliphatic heterocycles. The molecule has 0 radical (unpaired) electrons. The van der Waals surface area contributed by atoms with E-state index in [1.54, 1.807) is 6.26 Å². The molecule has 0 aliphatic rings. The Morgan fingerprint density at radius 1 is 1.32 bits per heavy atom. The number of hydrogen-bond donors (Lipinski definition) is 1. The zero-order valence-electron chi connectivity index (χ0n) is 10.3. The molecule has 1 rings (SSSR count). The van der Waals surface area contributed by atoms with Crippen molar-refractivity contribution in [2.45, 2.75) is 11.3 Å². The van der Waals surface area contributed by atoms with Crippen molar-refractivity contribution in [1.29, 1.82) is 0 Å². The van der Waals surface area contributed by atoms with E-state index in [1.807, 2.05) is 0 Å². The van der Waals surface area contributed by atoms with Gasteiger partial charge in [-0.3, -0.25) is 9.00 Å². The minimum Gasteiger partial charge on any atom is -0.352 e. The molecule has 0 saturated heterocycles. The minimum atomic E-state index is -3.77. The van der Waals surface area contributed by atoms with Gasteiger partial charge in [-0.05, 0) is 30.7 Å². The Labute approximate surface area is 119 Å². The van der Waals surface area contributed by atoms with Crippen LogP contribution in [0, 0.1) is 0 Å². The molecule has 5 nitrogen and oxygen atoms in total. The third-order valence-corrected chi connectivity index (χ3v) is 4.53. The van der Waals surface area contributed by atoms with Gasteiger partial charge in [0.1, 0.15) is 0 Å². The fourth-order valence-electron chi connectivity index (χ4n) is 1.35. The molecule has 1 aromatic carbocycles. The van der Waals surface area contributed by atoms with E-state index in [0.717, 1.165) is 0 Å². The number of benzene rings is 1. The van der Waals surface area contributed by atoms with Gasteiger partial charge in [0.2, 0.25) is 0 Å². The summed E-state index contributed by atoms with van der Waals surface area (Å²) in [5.41, 5.74) is 0.349. The Bertz CT molecular complexity index is 569. The highest BCUT2D eigenvalue weighted by Crippen LogP contribution is 2.15. The monoisotopic (exact) mass is 323 g/mol. The lowest BCUT2D eigenvalue weighted by Crippen LogP contribution is -2.25. The molecule has 0 heterocycles. The van der Waals surface area contributed by atoms with Crippen LogP contribution in [0.5, 0.6) is 0 Å². The standard InChI is InChI=1S/C11H14ClNO4S2/c1-18(15)8-2-7-13-11(14)9-3-5-10(6-4-9)19(12,16)17/h3-6H,2,7-8H2,1H3,(H,13,14). The first-order valence-corrected chi connectivity index (χ1v) is 9.47. The maximum atomic E-state index is 11.7. The summed E-state index contributed by atoms with van der Waals surface area (Å²) < 4.78 is 32.9. The predicted molar refractivity (Wildman–Crippen MR) is 75.4 cm³/mol. The summed E-state index contributed by atoms with van der Waals surface area (Å²) in [4.78, 5) is 11.6. The summed E-state index contributed by atoms with van der Waals surface area (Å²) >= 11 is 0. The Kier molecular flexibility index (Phi) is 5.96. The van der Waals surface area contributed by atoms with Crippen molar-refractivity contribution < 1.29 is 17.4 Å². The molecule has 1 atom stereocenters. The molecule has 8 heteroatoms. The van der Waals surface area contributed by atoms with Crippen LogP contribution in [-0.4, -0.2) is 37.1 Å². The Morgan fingerprint density at radius 3 is 2.37 bits per heavy atom. The van der Waals surface area contributed by atoms with Crippen molar-refractivity contribution in [3.8, 4) is 0 Å². The maximum Gasteiger partial charge on any atom is 0.261 e. The van der Waals surface area contributed by atoms with Gasteiger partial charge in [-0.1, -0.05) is 0 Å². The summed E-state index contributed by atoms with van der Waals surface area (Å²) in [6.07, 6.45) is 2.23.